The summed E-state index contributed by atoms with van der Waals surface area (Å²) < 4.78 is 5.22. The SMILES string of the molecule is CCNC(C)(CN1CCCC(COC)C1)C(N)=O. The lowest BCUT2D eigenvalue weighted by Gasteiger charge is -2.38. The maximum absolute atomic E-state index is 11.6. The van der Waals surface area contributed by atoms with Crippen molar-refractivity contribution in [2.45, 2.75) is 32.2 Å². The molecule has 0 spiro atoms. The standard InChI is InChI=1S/C13H27N3O2/c1-4-15-13(2,12(14)17)10-16-7-5-6-11(8-16)9-18-3/h11,15H,4-10H2,1-3H3,(H2,14,17). The number of nitrogens with one attached hydrogen (secondary N) is 1. The number of nitrogens with zero attached hydrogens (tertiary/aromatic N) is 1. The van der Waals surface area contributed by atoms with Gasteiger partial charge in [0.2, 0.25) is 5.91 Å². The second-order valence-electron chi connectivity index (χ2n) is 5.43. The number of likely N-dealkylation sites (N-methyl/N-ethyl adjacent to an activating group) is 1. The topological polar surface area (TPSA) is 67.6 Å². The molecule has 0 bridgehead atoms. The largest absolute Gasteiger partial charge is 0.384 e. The summed E-state index contributed by atoms with van der Waals surface area (Å²) in [6, 6.07) is 0. The van der Waals surface area contributed by atoms with E-state index in [4.69, 9.17) is 10.5 Å². The number of primary amides is 1. The van der Waals surface area contributed by atoms with Crippen LogP contribution in [0.3, 0.4) is 0 Å². The highest BCUT2D eigenvalue weighted by molar-refractivity contribution is 5.84. The fourth-order valence-electron chi connectivity index (χ4n) is 2.72. The second kappa shape index (κ2) is 7.07. The van der Waals surface area contributed by atoms with E-state index in [9.17, 15) is 4.79 Å². The first kappa shape index (κ1) is 15.4. The Labute approximate surface area is 110 Å². The minimum atomic E-state index is -0.635. The van der Waals surface area contributed by atoms with Crippen molar-refractivity contribution < 1.29 is 9.53 Å². The van der Waals surface area contributed by atoms with Crippen LogP contribution in [0.1, 0.15) is 26.7 Å². The van der Waals surface area contributed by atoms with E-state index in [0.29, 0.717) is 12.5 Å². The highest BCUT2D eigenvalue weighted by Gasteiger charge is 2.33. The van der Waals surface area contributed by atoms with Gasteiger partial charge in [-0.1, -0.05) is 6.92 Å². The highest BCUT2D eigenvalue weighted by atomic mass is 16.5. The molecule has 106 valence electrons. The van der Waals surface area contributed by atoms with Crippen molar-refractivity contribution in [1.82, 2.24) is 10.2 Å². The van der Waals surface area contributed by atoms with Gasteiger partial charge in [0, 0.05) is 20.2 Å². The van der Waals surface area contributed by atoms with E-state index in [1.165, 1.54) is 6.42 Å². The molecule has 5 nitrogen and oxygen atoms in total. The van der Waals surface area contributed by atoms with Crippen LogP contribution < -0.4 is 11.1 Å². The Morgan fingerprint density at radius 1 is 1.61 bits per heavy atom. The lowest BCUT2D eigenvalue weighted by Crippen LogP contribution is -2.60. The van der Waals surface area contributed by atoms with Crippen molar-refractivity contribution in [3.8, 4) is 0 Å². The first-order valence-corrected chi connectivity index (χ1v) is 6.78. The van der Waals surface area contributed by atoms with E-state index in [2.05, 4.69) is 10.2 Å². The predicted molar refractivity (Wildman–Crippen MR) is 72.3 cm³/mol. The fourth-order valence-corrected chi connectivity index (χ4v) is 2.72. The van der Waals surface area contributed by atoms with Crippen LogP contribution in [-0.4, -0.2) is 56.2 Å². The van der Waals surface area contributed by atoms with E-state index in [-0.39, 0.29) is 5.91 Å². The number of likely N-dealkylation sites (tertiary alicyclic amines) is 1. The van der Waals surface area contributed by atoms with Gasteiger partial charge in [0.25, 0.3) is 0 Å². The third-order valence-electron chi connectivity index (χ3n) is 3.66. The Kier molecular flexibility index (Phi) is 6.05. The number of hydrogen-bond donors (Lipinski definition) is 2. The molecule has 0 aromatic carbocycles. The van der Waals surface area contributed by atoms with Crippen LogP contribution in [0.25, 0.3) is 0 Å². The Morgan fingerprint density at radius 3 is 2.89 bits per heavy atom. The van der Waals surface area contributed by atoms with Gasteiger partial charge < -0.3 is 20.7 Å². The van der Waals surface area contributed by atoms with Crippen LogP contribution in [-0.2, 0) is 9.53 Å². The third kappa shape index (κ3) is 4.23. The molecule has 3 N–H and O–H groups in total. The van der Waals surface area contributed by atoms with Gasteiger partial charge in [0.1, 0.15) is 5.54 Å². The van der Waals surface area contributed by atoms with Crippen LogP contribution in [0.4, 0.5) is 0 Å². The molecule has 0 aliphatic carbocycles. The quantitative estimate of drug-likeness (QED) is 0.683. The molecule has 2 atom stereocenters. The molecular weight excluding hydrogens is 230 g/mol. The molecule has 18 heavy (non-hydrogen) atoms. The van der Waals surface area contributed by atoms with E-state index >= 15 is 0 Å². The normalized spacial score (nSPS) is 24.7. The minimum Gasteiger partial charge on any atom is -0.384 e. The lowest BCUT2D eigenvalue weighted by atomic mass is 9.95. The molecule has 0 aromatic rings. The highest BCUT2D eigenvalue weighted by Crippen LogP contribution is 2.18. The van der Waals surface area contributed by atoms with Gasteiger partial charge in [0.05, 0.1) is 6.61 Å². The van der Waals surface area contributed by atoms with Crippen LogP contribution in [0.2, 0.25) is 0 Å². The lowest BCUT2D eigenvalue weighted by molar-refractivity contribution is -0.124. The molecule has 1 aliphatic rings. The first-order valence-electron chi connectivity index (χ1n) is 6.78. The van der Waals surface area contributed by atoms with Gasteiger partial charge >= 0.3 is 0 Å². The van der Waals surface area contributed by atoms with Crippen molar-refractivity contribution in [2.24, 2.45) is 11.7 Å². The zero-order valence-corrected chi connectivity index (χ0v) is 11.9. The Morgan fingerprint density at radius 2 is 2.33 bits per heavy atom. The van der Waals surface area contributed by atoms with Crippen molar-refractivity contribution in [1.29, 1.82) is 0 Å². The van der Waals surface area contributed by atoms with E-state index in [0.717, 1.165) is 32.7 Å². The van der Waals surface area contributed by atoms with Gasteiger partial charge in [-0.25, -0.2) is 0 Å². The number of nitrogens with two attached hydrogens (primary N) is 1. The average Bonchev–Trinajstić information content (AvgIpc) is 2.30. The maximum Gasteiger partial charge on any atom is 0.238 e. The number of methoxy groups -OCH3 is 1. The van der Waals surface area contributed by atoms with Crippen molar-refractivity contribution >= 4 is 5.91 Å². The van der Waals surface area contributed by atoms with Crippen molar-refractivity contribution in [2.75, 3.05) is 39.9 Å². The predicted octanol–water partition coefficient (Wildman–Crippen LogP) is 0.198. The summed E-state index contributed by atoms with van der Waals surface area (Å²) in [5.41, 5.74) is 4.88. The zero-order chi connectivity index (χ0) is 13.6. The first-order chi connectivity index (χ1) is 8.51. The number of amides is 1. The number of carbonyl (C=O) groups excluding carboxylic acids is 1. The summed E-state index contributed by atoms with van der Waals surface area (Å²) >= 11 is 0. The van der Waals surface area contributed by atoms with E-state index in [1.54, 1.807) is 7.11 Å². The molecule has 5 heteroatoms. The van der Waals surface area contributed by atoms with Crippen LogP contribution >= 0.6 is 0 Å². The fraction of sp³-hybridized carbons (Fsp3) is 0.923. The molecule has 1 aliphatic heterocycles. The van der Waals surface area contributed by atoms with Crippen LogP contribution in [0, 0.1) is 5.92 Å². The maximum atomic E-state index is 11.6. The summed E-state index contributed by atoms with van der Waals surface area (Å²) in [6.07, 6.45) is 2.37. The molecule has 1 fully saturated rings. The Bertz CT molecular complexity index is 271. The number of ether oxygens (including phenoxy) is 1. The molecule has 0 aromatic heterocycles. The van der Waals surface area contributed by atoms with E-state index < -0.39 is 5.54 Å². The van der Waals surface area contributed by atoms with E-state index in [1.807, 2.05) is 13.8 Å². The number of piperidine rings is 1. The smallest absolute Gasteiger partial charge is 0.238 e. The van der Waals surface area contributed by atoms with Gasteiger partial charge in [-0.2, -0.15) is 0 Å². The number of hydrogen-bond acceptors (Lipinski definition) is 4. The second-order valence-corrected chi connectivity index (χ2v) is 5.43. The summed E-state index contributed by atoms with van der Waals surface area (Å²) in [7, 11) is 1.74. The third-order valence-corrected chi connectivity index (χ3v) is 3.66. The molecule has 0 saturated carbocycles. The molecule has 1 heterocycles. The summed E-state index contributed by atoms with van der Waals surface area (Å²) in [4.78, 5) is 13.9. The molecule has 0 radical (unpaired) electrons. The van der Waals surface area contributed by atoms with Gasteiger partial charge in [-0.05, 0) is 38.8 Å². The summed E-state index contributed by atoms with van der Waals surface area (Å²) in [6.45, 7) is 8.12. The number of rotatable bonds is 7. The number of carbonyl (C=O) groups is 1. The minimum absolute atomic E-state index is 0.279. The van der Waals surface area contributed by atoms with Gasteiger partial charge in [0.15, 0.2) is 0 Å². The monoisotopic (exact) mass is 257 g/mol. The Hall–Kier alpha value is -0.650. The van der Waals surface area contributed by atoms with Gasteiger partial charge in [-0.15, -0.1) is 0 Å². The van der Waals surface area contributed by atoms with Gasteiger partial charge in [-0.3, -0.25) is 4.79 Å². The van der Waals surface area contributed by atoms with Crippen molar-refractivity contribution in [3.63, 3.8) is 0 Å². The van der Waals surface area contributed by atoms with Crippen LogP contribution in [0.15, 0.2) is 0 Å². The average molecular weight is 257 g/mol. The molecule has 2 unspecified atom stereocenters. The summed E-state index contributed by atoms with van der Waals surface area (Å²) in [5, 5.41) is 3.21. The Balaban J connectivity index is 2.55. The molecule has 1 amide bonds. The molecule has 1 saturated heterocycles. The summed E-state index contributed by atoms with van der Waals surface area (Å²) in [5.74, 6) is 0.292. The molecular formula is C13H27N3O2. The zero-order valence-electron chi connectivity index (χ0n) is 11.9. The van der Waals surface area contributed by atoms with Crippen molar-refractivity contribution in [3.05, 3.63) is 0 Å². The van der Waals surface area contributed by atoms with Crippen LogP contribution in [0.5, 0.6) is 0 Å². The molecule has 1 rings (SSSR count).